The lowest BCUT2D eigenvalue weighted by molar-refractivity contribution is -0.116. The molecule has 0 atom stereocenters. The molecule has 0 bridgehead atoms. The summed E-state index contributed by atoms with van der Waals surface area (Å²) in [5.41, 5.74) is 6.19. The Morgan fingerprint density at radius 2 is 1.72 bits per heavy atom. The molecule has 2 amide bonds. The minimum Gasteiger partial charge on any atom is -0.350 e. The predicted molar refractivity (Wildman–Crippen MR) is 132 cm³/mol. The molecule has 0 radical (unpaired) electrons. The summed E-state index contributed by atoms with van der Waals surface area (Å²) in [5, 5.41) is 3.60. The van der Waals surface area contributed by atoms with Gasteiger partial charge in [0.15, 0.2) is 0 Å². The van der Waals surface area contributed by atoms with Gasteiger partial charge in [-0.15, -0.1) is 0 Å². The number of benzene rings is 3. The maximum atomic E-state index is 12.8. The van der Waals surface area contributed by atoms with E-state index < -0.39 is 0 Å². The van der Waals surface area contributed by atoms with Gasteiger partial charge in [-0.25, -0.2) is 0 Å². The summed E-state index contributed by atoms with van der Waals surface area (Å²) in [5.74, 6) is -0.143. The van der Waals surface area contributed by atoms with Crippen LogP contribution in [0.3, 0.4) is 0 Å². The third-order valence-electron chi connectivity index (χ3n) is 5.48. The Labute approximate surface area is 193 Å². The molecule has 0 aliphatic carbocycles. The molecule has 3 aromatic carbocycles. The molecule has 32 heavy (non-hydrogen) atoms. The van der Waals surface area contributed by atoms with Crippen LogP contribution in [-0.4, -0.2) is 17.9 Å². The fourth-order valence-electron chi connectivity index (χ4n) is 3.97. The van der Waals surface area contributed by atoms with Crippen molar-refractivity contribution in [2.24, 2.45) is 0 Å². The monoisotopic (exact) mass is 444 g/mol. The summed E-state index contributed by atoms with van der Waals surface area (Å²) in [7, 11) is 0. The van der Waals surface area contributed by atoms with Crippen LogP contribution in [0.25, 0.3) is 23.3 Å². The van der Waals surface area contributed by atoms with Crippen LogP contribution in [0.1, 0.15) is 47.8 Å². The van der Waals surface area contributed by atoms with Crippen molar-refractivity contribution < 1.29 is 9.59 Å². The number of nitrogens with one attached hydrogen (secondary N) is 1. The first-order valence-electron chi connectivity index (χ1n) is 10.6. The van der Waals surface area contributed by atoms with Gasteiger partial charge < -0.3 is 10.2 Å². The quantitative estimate of drug-likeness (QED) is 0.524. The molecule has 1 heterocycles. The van der Waals surface area contributed by atoms with Crippen molar-refractivity contribution in [1.29, 1.82) is 0 Å². The highest BCUT2D eigenvalue weighted by molar-refractivity contribution is 6.30. The molecule has 0 spiro atoms. The van der Waals surface area contributed by atoms with E-state index in [1.54, 1.807) is 17.9 Å². The van der Waals surface area contributed by atoms with Crippen molar-refractivity contribution in [2.75, 3.05) is 4.90 Å². The van der Waals surface area contributed by atoms with Gasteiger partial charge in [-0.3, -0.25) is 9.59 Å². The van der Waals surface area contributed by atoms with Gasteiger partial charge in [-0.1, -0.05) is 54.1 Å². The van der Waals surface area contributed by atoms with Crippen LogP contribution >= 0.6 is 11.6 Å². The predicted octanol–water partition coefficient (Wildman–Crippen LogP) is 6.18. The zero-order valence-electron chi connectivity index (χ0n) is 18.4. The summed E-state index contributed by atoms with van der Waals surface area (Å²) in [6.07, 6.45) is 4.03. The molecule has 3 aromatic rings. The molecule has 0 aromatic heterocycles. The number of carbonyl (C=O) groups is 2. The third-order valence-corrected chi connectivity index (χ3v) is 5.71. The van der Waals surface area contributed by atoms with E-state index in [4.69, 9.17) is 11.6 Å². The van der Waals surface area contributed by atoms with Crippen LogP contribution in [0, 0.1) is 0 Å². The highest BCUT2D eigenvalue weighted by atomic mass is 35.5. The van der Waals surface area contributed by atoms with Crippen LogP contribution in [0.5, 0.6) is 0 Å². The van der Waals surface area contributed by atoms with Gasteiger partial charge >= 0.3 is 0 Å². The van der Waals surface area contributed by atoms with E-state index in [1.165, 1.54) is 0 Å². The first kappa shape index (κ1) is 21.8. The van der Waals surface area contributed by atoms with E-state index in [9.17, 15) is 9.59 Å². The maximum absolute atomic E-state index is 12.8. The van der Waals surface area contributed by atoms with E-state index in [1.807, 2.05) is 74.5 Å². The van der Waals surface area contributed by atoms with E-state index in [-0.39, 0.29) is 17.9 Å². The SMILES string of the molecule is CC(=O)N1Cc2cc(-c3ccccc3C(=O)NC(C)C)ccc2C=Cc2cc(Cl)ccc21. The van der Waals surface area contributed by atoms with Crippen molar-refractivity contribution in [2.45, 2.75) is 33.4 Å². The smallest absolute Gasteiger partial charge is 0.252 e. The Bertz CT molecular complexity index is 1230. The summed E-state index contributed by atoms with van der Waals surface area (Å²) < 4.78 is 0. The fourth-order valence-corrected chi connectivity index (χ4v) is 4.15. The second-order valence-corrected chi connectivity index (χ2v) is 8.67. The average molecular weight is 445 g/mol. The highest BCUT2D eigenvalue weighted by Gasteiger charge is 2.20. The summed E-state index contributed by atoms with van der Waals surface area (Å²) >= 11 is 6.19. The molecule has 1 N–H and O–H groups in total. The van der Waals surface area contributed by atoms with Gasteiger partial charge in [-0.05, 0) is 72.0 Å². The van der Waals surface area contributed by atoms with Gasteiger partial charge in [0.05, 0.1) is 12.2 Å². The number of amides is 2. The molecule has 0 fully saturated rings. The minimum absolute atomic E-state index is 0.0445. The Morgan fingerprint density at radius 3 is 2.47 bits per heavy atom. The van der Waals surface area contributed by atoms with E-state index in [0.29, 0.717) is 17.1 Å². The van der Waals surface area contributed by atoms with Crippen LogP contribution in [0.2, 0.25) is 5.02 Å². The van der Waals surface area contributed by atoms with E-state index in [0.717, 1.165) is 33.5 Å². The lowest BCUT2D eigenvalue weighted by Gasteiger charge is -2.26. The summed E-state index contributed by atoms with van der Waals surface area (Å²) in [4.78, 5) is 27.1. The number of fused-ring (bicyclic) bond motifs is 2. The molecular weight excluding hydrogens is 420 g/mol. The molecule has 162 valence electrons. The number of hydrogen-bond donors (Lipinski definition) is 1. The lowest BCUT2D eigenvalue weighted by Crippen LogP contribution is -2.30. The zero-order chi connectivity index (χ0) is 22.8. The number of rotatable bonds is 3. The van der Waals surface area contributed by atoms with Gasteiger partial charge in [0, 0.05) is 23.6 Å². The number of anilines is 1. The molecule has 0 saturated heterocycles. The van der Waals surface area contributed by atoms with Crippen molar-refractivity contribution in [3.63, 3.8) is 0 Å². The van der Waals surface area contributed by atoms with Crippen LogP contribution < -0.4 is 10.2 Å². The normalized spacial score (nSPS) is 12.6. The van der Waals surface area contributed by atoms with Gasteiger partial charge in [0.1, 0.15) is 0 Å². The molecule has 0 unspecified atom stereocenters. The van der Waals surface area contributed by atoms with E-state index >= 15 is 0 Å². The van der Waals surface area contributed by atoms with Gasteiger partial charge in [-0.2, -0.15) is 0 Å². The Hall–Kier alpha value is -3.37. The number of hydrogen-bond acceptors (Lipinski definition) is 2. The maximum Gasteiger partial charge on any atom is 0.252 e. The van der Waals surface area contributed by atoms with Crippen molar-refractivity contribution in [3.8, 4) is 11.1 Å². The zero-order valence-corrected chi connectivity index (χ0v) is 19.1. The van der Waals surface area contributed by atoms with Crippen LogP contribution in [0.4, 0.5) is 5.69 Å². The van der Waals surface area contributed by atoms with Crippen molar-refractivity contribution in [3.05, 3.63) is 87.9 Å². The second-order valence-electron chi connectivity index (χ2n) is 8.23. The molecular formula is C27H25ClN2O2. The largest absolute Gasteiger partial charge is 0.350 e. The average Bonchev–Trinajstić information content (AvgIpc) is 2.74. The molecule has 4 rings (SSSR count). The lowest BCUT2D eigenvalue weighted by atomic mass is 9.93. The number of carbonyl (C=O) groups excluding carboxylic acids is 2. The standard InChI is InChI=1S/C27H25ClN2O2/c1-17(2)29-27(32)25-7-5-4-6-24(25)20-10-8-19-9-11-21-15-23(28)12-13-26(21)30(18(3)31)16-22(19)14-20/h4-15,17H,16H2,1-3H3,(H,29,32). The van der Waals surface area contributed by atoms with Gasteiger partial charge in [0.2, 0.25) is 5.91 Å². The Balaban J connectivity index is 1.80. The van der Waals surface area contributed by atoms with Crippen molar-refractivity contribution in [1.82, 2.24) is 5.32 Å². The van der Waals surface area contributed by atoms with Crippen LogP contribution in [-0.2, 0) is 11.3 Å². The Morgan fingerprint density at radius 1 is 0.969 bits per heavy atom. The van der Waals surface area contributed by atoms with Gasteiger partial charge in [0.25, 0.3) is 5.91 Å². The topological polar surface area (TPSA) is 49.4 Å². The third kappa shape index (κ3) is 4.46. The molecule has 5 heteroatoms. The molecule has 1 aliphatic heterocycles. The van der Waals surface area contributed by atoms with E-state index in [2.05, 4.69) is 11.4 Å². The fraction of sp³-hybridized carbons (Fsp3) is 0.185. The number of halogens is 1. The summed E-state index contributed by atoms with van der Waals surface area (Å²) in [6, 6.07) is 19.3. The van der Waals surface area contributed by atoms with Crippen LogP contribution in [0.15, 0.2) is 60.7 Å². The number of nitrogens with zero attached hydrogens (tertiary/aromatic N) is 1. The first-order valence-corrected chi connectivity index (χ1v) is 11.0. The minimum atomic E-state index is -0.0987. The molecule has 1 aliphatic rings. The van der Waals surface area contributed by atoms with Crippen molar-refractivity contribution >= 4 is 41.3 Å². The summed E-state index contributed by atoms with van der Waals surface area (Å²) in [6.45, 7) is 5.88. The highest BCUT2D eigenvalue weighted by Crippen LogP contribution is 2.33. The molecule has 0 saturated carbocycles. The first-order chi connectivity index (χ1) is 15.3. The second kappa shape index (κ2) is 9.01. The Kier molecular flexibility index (Phi) is 6.15. The molecule has 4 nitrogen and oxygen atoms in total.